The van der Waals surface area contributed by atoms with E-state index in [1.807, 2.05) is 0 Å². The minimum atomic E-state index is 1.00. The fourth-order valence-electron chi connectivity index (χ4n) is 10.6. The SMILES string of the molecule is C1=Cc2c(n(-c3cccc(-c4cccc(-c5ccc(-c6cccc(-c7cccc(-c8ccccc8)c7)c6)cc5)c4)c3)c3cc(-c4ccc(-n5c6ccccc6c6ccccc65)cc4)ccc23)CC1. The van der Waals surface area contributed by atoms with Crippen molar-refractivity contribution in [2.75, 3.05) is 0 Å². The van der Waals surface area contributed by atoms with Crippen molar-refractivity contribution in [1.82, 2.24) is 9.13 Å². The molecule has 320 valence electrons. The monoisotopic (exact) mass is 866 g/mol. The van der Waals surface area contributed by atoms with Gasteiger partial charge in [-0.2, -0.15) is 0 Å². The number of fused-ring (bicyclic) bond motifs is 6. The lowest BCUT2D eigenvalue weighted by Crippen LogP contribution is -2.03. The smallest absolute Gasteiger partial charge is 0.0543 e. The van der Waals surface area contributed by atoms with Crippen LogP contribution in [0.4, 0.5) is 0 Å². The van der Waals surface area contributed by atoms with Crippen LogP contribution in [0.25, 0.3) is 117 Å². The molecule has 0 radical (unpaired) electrons. The Morgan fingerprint density at radius 3 is 1.26 bits per heavy atom. The van der Waals surface area contributed by atoms with Crippen molar-refractivity contribution in [3.05, 3.63) is 260 Å². The molecule has 0 bridgehead atoms. The molecule has 0 atom stereocenters. The van der Waals surface area contributed by atoms with Gasteiger partial charge >= 0.3 is 0 Å². The third-order valence-corrected chi connectivity index (χ3v) is 14.0. The van der Waals surface area contributed by atoms with Gasteiger partial charge in [0.15, 0.2) is 0 Å². The maximum atomic E-state index is 2.52. The Morgan fingerprint density at radius 2 is 0.691 bits per heavy atom. The fraction of sp³-hybridized carbons (Fsp3) is 0.0303. The lowest BCUT2D eigenvalue weighted by Gasteiger charge is -2.15. The van der Waals surface area contributed by atoms with Crippen LogP contribution in [0.3, 0.4) is 0 Å². The molecule has 2 heterocycles. The number of aromatic nitrogens is 2. The van der Waals surface area contributed by atoms with Crippen LogP contribution in [0, 0.1) is 0 Å². The second-order valence-electron chi connectivity index (χ2n) is 18.0. The van der Waals surface area contributed by atoms with E-state index in [4.69, 9.17) is 0 Å². The van der Waals surface area contributed by atoms with Crippen LogP contribution in [0.5, 0.6) is 0 Å². The molecule has 0 aliphatic heterocycles. The average Bonchev–Trinajstić information content (AvgIpc) is 3.94. The van der Waals surface area contributed by atoms with E-state index in [9.17, 15) is 0 Å². The Bertz CT molecular complexity index is 3830. The van der Waals surface area contributed by atoms with E-state index in [0.29, 0.717) is 0 Å². The van der Waals surface area contributed by atoms with Crippen LogP contribution in [-0.4, -0.2) is 9.13 Å². The van der Waals surface area contributed by atoms with E-state index in [-0.39, 0.29) is 0 Å². The lowest BCUT2D eigenvalue weighted by molar-refractivity contribution is 0.889. The van der Waals surface area contributed by atoms with E-state index in [1.54, 1.807) is 0 Å². The Kier molecular flexibility index (Phi) is 9.68. The van der Waals surface area contributed by atoms with E-state index >= 15 is 0 Å². The van der Waals surface area contributed by atoms with Gasteiger partial charge in [-0.25, -0.2) is 0 Å². The molecule has 0 saturated carbocycles. The summed E-state index contributed by atoms with van der Waals surface area (Å²) < 4.78 is 4.90. The van der Waals surface area contributed by atoms with Crippen LogP contribution in [0.2, 0.25) is 0 Å². The van der Waals surface area contributed by atoms with Crippen LogP contribution in [0.15, 0.2) is 249 Å². The number of hydrogen-bond donors (Lipinski definition) is 0. The van der Waals surface area contributed by atoms with Crippen LogP contribution < -0.4 is 0 Å². The molecule has 0 N–H and O–H groups in total. The molecule has 2 aromatic heterocycles. The summed E-state index contributed by atoms with van der Waals surface area (Å²) in [6.45, 7) is 0. The highest BCUT2D eigenvalue weighted by Crippen LogP contribution is 2.39. The molecule has 0 unspecified atom stereocenters. The van der Waals surface area contributed by atoms with Crippen molar-refractivity contribution in [3.8, 4) is 78.1 Å². The van der Waals surface area contributed by atoms with Gasteiger partial charge in [0, 0.05) is 38.8 Å². The molecule has 2 heteroatoms. The summed E-state index contributed by atoms with van der Waals surface area (Å²) in [5, 5.41) is 3.85. The van der Waals surface area contributed by atoms with Gasteiger partial charge in [-0.05, 0) is 140 Å². The van der Waals surface area contributed by atoms with Crippen molar-refractivity contribution in [3.63, 3.8) is 0 Å². The zero-order valence-electron chi connectivity index (χ0n) is 37.6. The standard InChI is InChI=1S/C66H46N2/c1-2-14-45(15-3-1)49-16-10-19-52(40-49)53-20-11-17-50(41-53)46-30-32-47(33-31-46)51-18-12-21-54(42-51)55-22-13-23-58(43-55)68-65-29-9-6-26-61(65)62-39-36-56(44-66(62)68)48-34-37-57(38-35-48)67-63-27-7-4-24-59(63)60-25-5-8-28-64(60)67/h1-8,10-28,30-44H,9,29H2. The lowest BCUT2D eigenvalue weighted by atomic mass is 9.95. The van der Waals surface area contributed by atoms with Gasteiger partial charge < -0.3 is 9.13 Å². The summed E-state index contributed by atoms with van der Waals surface area (Å²) in [5.41, 5.74) is 23.3. The third-order valence-electron chi connectivity index (χ3n) is 14.0. The second-order valence-corrected chi connectivity index (χ2v) is 18.0. The third kappa shape index (κ3) is 6.98. The largest absolute Gasteiger partial charge is 0.313 e. The number of hydrogen-bond acceptors (Lipinski definition) is 0. The Labute approximate surface area is 397 Å². The highest BCUT2D eigenvalue weighted by Gasteiger charge is 2.20. The first-order valence-electron chi connectivity index (χ1n) is 23.7. The highest BCUT2D eigenvalue weighted by molar-refractivity contribution is 6.09. The van der Waals surface area contributed by atoms with Crippen molar-refractivity contribution in [2.24, 2.45) is 0 Å². The van der Waals surface area contributed by atoms with Gasteiger partial charge in [-0.3, -0.25) is 0 Å². The molecule has 0 amide bonds. The van der Waals surface area contributed by atoms with Crippen molar-refractivity contribution in [1.29, 1.82) is 0 Å². The summed E-state index contributed by atoms with van der Waals surface area (Å²) in [4.78, 5) is 0. The van der Waals surface area contributed by atoms with Gasteiger partial charge in [0.25, 0.3) is 0 Å². The predicted molar refractivity (Wildman–Crippen MR) is 288 cm³/mol. The molecule has 0 saturated heterocycles. The zero-order chi connectivity index (χ0) is 45.0. The summed E-state index contributed by atoms with van der Waals surface area (Å²) >= 11 is 0. The molecule has 1 aliphatic rings. The first kappa shape index (κ1) is 39.6. The van der Waals surface area contributed by atoms with E-state index < -0.39 is 0 Å². The van der Waals surface area contributed by atoms with Crippen molar-refractivity contribution < 1.29 is 0 Å². The molecule has 13 rings (SSSR count). The van der Waals surface area contributed by atoms with Gasteiger partial charge in [-0.1, -0.05) is 194 Å². The minimum Gasteiger partial charge on any atom is -0.313 e. The molecule has 1 aliphatic carbocycles. The first-order valence-corrected chi connectivity index (χ1v) is 23.7. The van der Waals surface area contributed by atoms with Gasteiger partial charge in [-0.15, -0.1) is 0 Å². The van der Waals surface area contributed by atoms with E-state index in [0.717, 1.165) is 18.5 Å². The predicted octanol–water partition coefficient (Wildman–Crippen LogP) is 17.7. The molecular formula is C66H46N2. The molecule has 68 heavy (non-hydrogen) atoms. The summed E-state index contributed by atoms with van der Waals surface area (Å²) in [6, 6.07) is 89.0. The van der Waals surface area contributed by atoms with Gasteiger partial charge in [0.2, 0.25) is 0 Å². The number of nitrogens with zero attached hydrogens (tertiary/aromatic N) is 2. The highest BCUT2D eigenvalue weighted by atomic mass is 15.0. The summed E-state index contributed by atoms with van der Waals surface area (Å²) in [5.74, 6) is 0. The van der Waals surface area contributed by atoms with E-state index in [1.165, 1.54) is 116 Å². The fourth-order valence-corrected chi connectivity index (χ4v) is 10.6. The Hall–Kier alpha value is -8.72. The van der Waals surface area contributed by atoms with Crippen molar-refractivity contribution in [2.45, 2.75) is 12.8 Å². The van der Waals surface area contributed by atoms with E-state index in [2.05, 4.69) is 264 Å². The molecule has 10 aromatic carbocycles. The number of benzene rings is 10. The number of para-hydroxylation sites is 2. The van der Waals surface area contributed by atoms with Crippen LogP contribution in [0.1, 0.15) is 17.7 Å². The molecule has 0 fully saturated rings. The quantitative estimate of drug-likeness (QED) is 0.144. The number of allylic oxidation sites excluding steroid dienone is 1. The summed E-state index contributed by atoms with van der Waals surface area (Å²) in [6.07, 6.45) is 6.70. The van der Waals surface area contributed by atoms with Crippen LogP contribution in [-0.2, 0) is 6.42 Å². The number of rotatable bonds is 8. The summed E-state index contributed by atoms with van der Waals surface area (Å²) in [7, 11) is 0. The van der Waals surface area contributed by atoms with Crippen LogP contribution >= 0.6 is 0 Å². The maximum Gasteiger partial charge on any atom is 0.0543 e. The average molecular weight is 867 g/mol. The Morgan fingerprint density at radius 1 is 0.265 bits per heavy atom. The van der Waals surface area contributed by atoms with Gasteiger partial charge in [0.1, 0.15) is 0 Å². The first-order chi connectivity index (χ1) is 33.7. The second kappa shape index (κ2) is 16.6. The Balaban J connectivity index is 0.803. The minimum absolute atomic E-state index is 1.00. The van der Waals surface area contributed by atoms with Gasteiger partial charge in [0.05, 0.1) is 16.6 Å². The molecule has 12 aromatic rings. The topological polar surface area (TPSA) is 9.86 Å². The molecule has 0 spiro atoms. The van der Waals surface area contributed by atoms with Crippen molar-refractivity contribution >= 4 is 38.8 Å². The molecule has 2 nitrogen and oxygen atoms in total. The normalized spacial score (nSPS) is 12.2. The zero-order valence-corrected chi connectivity index (χ0v) is 37.6. The maximum absolute atomic E-state index is 2.52. The molecular weight excluding hydrogens is 821 g/mol.